The van der Waals surface area contributed by atoms with Crippen LogP contribution in [0.5, 0.6) is 11.5 Å². The first-order valence-corrected chi connectivity index (χ1v) is 12.6. The Morgan fingerprint density at radius 3 is 2.66 bits per heavy atom. The second-order valence-electron chi connectivity index (χ2n) is 8.79. The molecule has 8 heteroatoms. The summed E-state index contributed by atoms with van der Waals surface area (Å²) in [6.45, 7) is 3.58. The highest BCUT2D eigenvalue weighted by molar-refractivity contribution is 7.89. The SMILES string of the molecule is COc1cccc(CN2CC[C@@H]3Oc4ccccc4S(=O)(=O)N(CCN(C)C)[C@H]3CC2)c1. The normalized spacial score (nSPS) is 23.5. The van der Waals surface area contributed by atoms with Crippen molar-refractivity contribution >= 4 is 10.0 Å². The molecule has 1 fully saturated rings. The monoisotopic (exact) mass is 459 g/mol. The Labute approximate surface area is 191 Å². The summed E-state index contributed by atoms with van der Waals surface area (Å²) in [7, 11) is 1.97. The van der Waals surface area contributed by atoms with Crippen molar-refractivity contribution in [2.75, 3.05) is 47.4 Å². The highest BCUT2D eigenvalue weighted by atomic mass is 32.2. The van der Waals surface area contributed by atoms with E-state index in [4.69, 9.17) is 9.47 Å². The topological polar surface area (TPSA) is 62.3 Å². The predicted molar refractivity (Wildman–Crippen MR) is 125 cm³/mol. The number of ether oxygens (including phenoxy) is 2. The summed E-state index contributed by atoms with van der Waals surface area (Å²) in [6.07, 6.45) is 1.33. The fourth-order valence-corrected chi connectivity index (χ4v) is 6.37. The number of benzene rings is 2. The van der Waals surface area contributed by atoms with Gasteiger partial charge >= 0.3 is 0 Å². The Kier molecular flexibility index (Phi) is 7.05. The lowest BCUT2D eigenvalue weighted by Gasteiger charge is -2.32. The van der Waals surface area contributed by atoms with Crippen molar-refractivity contribution in [1.82, 2.24) is 14.1 Å². The van der Waals surface area contributed by atoms with Crippen molar-refractivity contribution in [3.05, 3.63) is 54.1 Å². The van der Waals surface area contributed by atoms with Gasteiger partial charge in [-0.15, -0.1) is 0 Å². The molecule has 0 amide bonds. The highest BCUT2D eigenvalue weighted by Gasteiger charge is 2.43. The fraction of sp³-hybridized carbons (Fsp3) is 0.500. The number of rotatable bonds is 6. The fourth-order valence-electron chi connectivity index (χ4n) is 4.58. The van der Waals surface area contributed by atoms with Crippen LogP contribution in [0.15, 0.2) is 53.4 Å². The number of hydrogen-bond donors (Lipinski definition) is 0. The van der Waals surface area contributed by atoms with E-state index in [-0.39, 0.29) is 17.0 Å². The van der Waals surface area contributed by atoms with E-state index in [1.807, 2.05) is 37.2 Å². The minimum Gasteiger partial charge on any atom is -0.497 e. The minimum atomic E-state index is -3.64. The van der Waals surface area contributed by atoms with Crippen LogP contribution in [0.1, 0.15) is 18.4 Å². The molecule has 0 aromatic heterocycles. The van der Waals surface area contributed by atoms with Gasteiger partial charge in [0.1, 0.15) is 22.5 Å². The molecular weight excluding hydrogens is 426 g/mol. The van der Waals surface area contributed by atoms with Gasteiger partial charge in [0.05, 0.1) is 13.2 Å². The van der Waals surface area contributed by atoms with E-state index in [0.717, 1.165) is 38.2 Å². The summed E-state index contributed by atoms with van der Waals surface area (Å²) < 4.78 is 40.7. The molecule has 0 radical (unpaired) electrons. The highest BCUT2D eigenvalue weighted by Crippen LogP contribution is 2.36. The molecule has 2 aromatic carbocycles. The first kappa shape index (κ1) is 23.0. The Hall–Kier alpha value is -2.13. The molecule has 4 rings (SSSR count). The molecule has 2 heterocycles. The van der Waals surface area contributed by atoms with Gasteiger partial charge in [0.2, 0.25) is 10.0 Å². The molecule has 32 heavy (non-hydrogen) atoms. The van der Waals surface area contributed by atoms with Gasteiger partial charge < -0.3 is 14.4 Å². The first-order chi connectivity index (χ1) is 15.4. The first-order valence-electron chi connectivity index (χ1n) is 11.2. The summed E-state index contributed by atoms with van der Waals surface area (Å²) >= 11 is 0. The van der Waals surface area contributed by atoms with E-state index in [2.05, 4.69) is 17.0 Å². The Morgan fingerprint density at radius 1 is 1.09 bits per heavy atom. The molecule has 174 valence electrons. The van der Waals surface area contributed by atoms with E-state index in [1.165, 1.54) is 5.56 Å². The van der Waals surface area contributed by atoms with Gasteiger partial charge in [-0.25, -0.2) is 8.42 Å². The van der Waals surface area contributed by atoms with E-state index >= 15 is 0 Å². The molecule has 0 spiro atoms. The smallest absolute Gasteiger partial charge is 0.247 e. The van der Waals surface area contributed by atoms with Crippen LogP contribution < -0.4 is 9.47 Å². The second kappa shape index (κ2) is 9.79. The maximum atomic E-state index is 13.6. The largest absolute Gasteiger partial charge is 0.497 e. The number of fused-ring (bicyclic) bond motifs is 2. The van der Waals surface area contributed by atoms with Crippen molar-refractivity contribution in [3.8, 4) is 11.5 Å². The van der Waals surface area contributed by atoms with Crippen LogP contribution in [-0.4, -0.2) is 82.1 Å². The van der Waals surface area contributed by atoms with Gasteiger partial charge in [-0.2, -0.15) is 4.31 Å². The van der Waals surface area contributed by atoms with E-state index < -0.39 is 10.0 Å². The molecule has 1 saturated heterocycles. The maximum absolute atomic E-state index is 13.6. The molecule has 2 aliphatic rings. The van der Waals surface area contributed by atoms with E-state index in [9.17, 15) is 8.42 Å². The van der Waals surface area contributed by atoms with Gasteiger partial charge in [-0.1, -0.05) is 24.3 Å². The van der Waals surface area contributed by atoms with Crippen molar-refractivity contribution in [2.24, 2.45) is 0 Å². The number of sulfonamides is 1. The van der Waals surface area contributed by atoms with Crippen LogP contribution in [0.25, 0.3) is 0 Å². The summed E-state index contributed by atoms with van der Waals surface area (Å²) in [5, 5.41) is 0. The second-order valence-corrected chi connectivity index (χ2v) is 10.7. The van der Waals surface area contributed by atoms with Crippen LogP contribution in [0.2, 0.25) is 0 Å². The predicted octanol–water partition coefficient (Wildman–Crippen LogP) is 2.67. The lowest BCUT2D eigenvalue weighted by Crippen LogP contribution is -2.49. The van der Waals surface area contributed by atoms with Crippen LogP contribution in [0.4, 0.5) is 0 Å². The van der Waals surface area contributed by atoms with Crippen molar-refractivity contribution < 1.29 is 17.9 Å². The molecule has 0 aliphatic carbocycles. The van der Waals surface area contributed by atoms with E-state index in [1.54, 1.807) is 29.6 Å². The molecule has 0 unspecified atom stereocenters. The molecule has 0 N–H and O–H groups in total. The lowest BCUT2D eigenvalue weighted by atomic mass is 10.1. The quantitative estimate of drug-likeness (QED) is 0.662. The Morgan fingerprint density at radius 2 is 1.88 bits per heavy atom. The number of nitrogens with zero attached hydrogens (tertiary/aromatic N) is 3. The molecule has 2 aliphatic heterocycles. The van der Waals surface area contributed by atoms with Gasteiger partial charge in [0, 0.05) is 32.7 Å². The van der Waals surface area contributed by atoms with E-state index in [0.29, 0.717) is 18.8 Å². The number of para-hydroxylation sites is 1. The molecular formula is C24H33N3O4S. The third-order valence-electron chi connectivity index (χ3n) is 6.29. The van der Waals surface area contributed by atoms with Gasteiger partial charge in [-0.3, -0.25) is 4.90 Å². The zero-order chi connectivity index (χ0) is 22.7. The van der Waals surface area contributed by atoms with Gasteiger partial charge in [0.25, 0.3) is 0 Å². The Balaban J connectivity index is 1.59. The van der Waals surface area contributed by atoms with Crippen LogP contribution >= 0.6 is 0 Å². The molecule has 0 saturated carbocycles. The summed E-state index contributed by atoms with van der Waals surface area (Å²) in [5.41, 5.74) is 1.19. The zero-order valence-corrected chi connectivity index (χ0v) is 19.9. The average molecular weight is 460 g/mol. The summed E-state index contributed by atoms with van der Waals surface area (Å²) in [4.78, 5) is 4.68. The third kappa shape index (κ3) is 4.93. The molecule has 2 atom stereocenters. The third-order valence-corrected chi connectivity index (χ3v) is 8.26. The van der Waals surface area contributed by atoms with Crippen molar-refractivity contribution in [1.29, 1.82) is 0 Å². The van der Waals surface area contributed by atoms with Gasteiger partial charge in [0.15, 0.2) is 0 Å². The maximum Gasteiger partial charge on any atom is 0.247 e. The lowest BCUT2D eigenvalue weighted by molar-refractivity contribution is 0.110. The zero-order valence-electron chi connectivity index (χ0n) is 19.1. The molecule has 7 nitrogen and oxygen atoms in total. The van der Waals surface area contributed by atoms with Crippen LogP contribution in [0.3, 0.4) is 0 Å². The van der Waals surface area contributed by atoms with Crippen molar-refractivity contribution in [3.63, 3.8) is 0 Å². The number of likely N-dealkylation sites (tertiary alicyclic amines) is 1. The minimum absolute atomic E-state index is 0.175. The standard InChI is InChI=1S/C24H33N3O4S/c1-25(2)15-16-27-21-11-13-26(18-19-7-6-8-20(17-19)30-3)14-12-22(21)31-23-9-4-5-10-24(23)32(27,28)29/h4-10,17,21-22H,11-16,18H2,1-3H3/t21-,22-/m0/s1. The molecule has 0 bridgehead atoms. The average Bonchev–Trinajstić information content (AvgIpc) is 3.01. The summed E-state index contributed by atoms with van der Waals surface area (Å²) in [5.74, 6) is 1.32. The molecule has 2 aromatic rings. The van der Waals surface area contributed by atoms with Crippen LogP contribution in [-0.2, 0) is 16.6 Å². The van der Waals surface area contributed by atoms with Gasteiger partial charge in [-0.05, 0) is 56.8 Å². The van der Waals surface area contributed by atoms with Crippen LogP contribution in [0, 0.1) is 0 Å². The number of hydrogen-bond acceptors (Lipinski definition) is 6. The summed E-state index contributed by atoms with van der Waals surface area (Å²) in [6, 6.07) is 15.0. The Bertz CT molecular complexity index is 1030. The number of methoxy groups -OCH3 is 1. The number of likely N-dealkylation sites (N-methyl/N-ethyl adjacent to an activating group) is 1. The van der Waals surface area contributed by atoms with Crippen molar-refractivity contribution in [2.45, 2.75) is 36.4 Å².